The molecule has 1 aliphatic rings. The Labute approximate surface area is 166 Å². The molecule has 27 heavy (non-hydrogen) atoms. The van der Waals surface area contributed by atoms with Crippen molar-refractivity contribution in [2.45, 2.75) is 35.9 Å². The molecule has 0 saturated carbocycles. The molecular formula is C16H16Cl2N2O6S. The molecule has 1 aromatic carbocycles. The minimum atomic E-state index is -4.44. The summed E-state index contributed by atoms with van der Waals surface area (Å²) in [5.74, 6) is -0.560. The highest BCUT2D eigenvalue weighted by molar-refractivity contribution is 7.86. The molecule has 2 unspecified atom stereocenters. The Balaban J connectivity index is 2.44. The topological polar surface area (TPSA) is 116 Å². The summed E-state index contributed by atoms with van der Waals surface area (Å²) < 4.78 is 29.3. The van der Waals surface area contributed by atoms with Crippen LogP contribution >= 0.6 is 23.2 Å². The van der Waals surface area contributed by atoms with Gasteiger partial charge in [-0.25, -0.2) is 0 Å². The lowest BCUT2D eigenvalue weighted by atomic mass is 9.82. The number of halogens is 2. The number of alkyl halides is 2. The van der Waals surface area contributed by atoms with E-state index in [1.807, 2.05) is 0 Å². The second-order valence-electron chi connectivity index (χ2n) is 6.32. The first-order valence-corrected chi connectivity index (χ1v) is 9.95. The largest absolute Gasteiger partial charge is 0.358 e. The normalized spacial score (nSPS) is 24.8. The molecule has 0 N–H and O–H groups in total. The lowest BCUT2D eigenvalue weighted by Crippen LogP contribution is -2.47. The third-order valence-corrected chi connectivity index (χ3v) is 6.22. The Bertz CT molecular complexity index is 953. The summed E-state index contributed by atoms with van der Waals surface area (Å²) in [4.78, 5) is 20.4. The van der Waals surface area contributed by atoms with Crippen LogP contribution in [0.25, 0.3) is 0 Å². The molecule has 0 amide bonds. The fourth-order valence-corrected chi connectivity index (χ4v) is 3.53. The Morgan fingerprint density at radius 1 is 1.37 bits per heavy atom. The number of oxime groups is 1. The van der Waals surface area contributed by atoms with Crippen LogP contribution in [0, 0.1) is 16.0 Å². The number of carbonyl (C=O) groups is 1. The fourth-order valence-electron chi connectivity index (χ4n) is 2.33. The van der Waals surface area contributed by atoms with Crippen LogP contribution in [0.2, 0.25) is 0 Å². The van der Waals surface area contributed by atoms with Gasteiger partial charge in [0, 0.05) is 17.7 Å². The summed E-state index contributed by atoms with van der Waals surface area (Å²) >= 11 is 12.4. The Morgan fingerprint density at radius 2 is 2.00 bits per heavy atom. The van der Waals surface area contributed by atoms with Crippen molar-refractivity contribution in [1.82, 2.24) is 0 Å². The van der Waals surface area contributed by atoms with E-state index in [0.29, 0.717) is 5.57 Å². The maximum absolute atomic E-state index is 12.3. The monoisotopic (exact) mass is 434 g/mol. The molecule has 146 valence electrons. The van der Waals surface area contributed by atoms with Gasteiger partial charge in [0.05, 0.1) is 4.92 Å². The predicted molar refractivity (Wildman–Crippen MR) is 101 cm³/mol. The average molecular weight is 435 g/mol. The van der Waals surface area contributed by atoms with E-state index in [1.165, 1.54) is 19.1 Å². The van der Waals surface area contributed by atoms with Gasteiger partial charge in [-0.3, -0.25) is 19.2 Å². The second kappa shape index (κ2) is 7.57. The summed E-state index contributed by atoms with van der Waals surface area (Å²) in [7, 11) is -4.44. The van der Waals surface area contributed by atoms with Crippen molar-refractivity contribution < 1.29 is 22.4 Å². The molecule has 2 rings (SSSR count). The van der Waals surface area contributed by atoms with Crippen LogP contribution in [0.3, 0.4) is 0 Å². The van der Waals surface area contributed by atoms with Gasteiger partial charge in [0.2, 0.25) is 0 Å². The Hall–Kier alpha value is -1.97. The van der Waals surface area contributed by atoms with Gasteiger partial charge in [0.1, 0.15) is 20.9 Å². The molecule has 2 atom stereocenters. The number of nitro benzene ring substituents is 1. The predicted octanol–water partition coefficient (Wildman–Crippen LogP) is 3.43. The number of benzene rings is 1. The first-order chi connectivity index (χ1) is 12.4. The number of nitro groups is 1. The first-order valence-electron chi connectivity index (χ1n) is 7.73. The molecule has 0 aliphatic heterocycles. The van der Waals surface area contributed by atoms with Crippen LogP contribution in [0.4, 0.5) is 5.69 Å². The molecule has 1 aliphatic carbocycles. The molecule has 0 radical (unpaired) electrons. The van der Waals surface area contributed by atoms with Crippen molar-refractivity contribution in [2.24, 2.45) is 11.1 Å². The number of allylic oxidation sites excluding steroid dienone is 2. The quantitative estimate of drug-likeness (QED) is 0.398. The van der Waals surface area contributed by atoms with Crippen LogP contribution in [0.5, 0.6) is 0 Å². The van der Waals surface area contributed by atoms with Crippen LogP contribution < -0.4 is 0 Å². The SMILES string of the molecule is CC(C)C1=C/C(=N\OS(=O)(=O)c2cccc([N+](=O)[O-])c2)C(C)(Cl)C(Cl)C1=O. The second-order valence-corrected chi connectivity index (χ2v) is 9.07. The van der Waals surface area contributed by atoms with Gasteiger partial charge in [-0.15, -0.1) is 23.2 Å². The van der Waals surface area contributed by atoms with Gasteiger partial charge in [0.15, 0.2) is 5.78 Å². The highest BCUT2D eigenvalue weighted by Gasteiger charge is 2.46. The number of Topliss-reactive ketones (excluding diaryl/α,β-unsaturated/α-hetero) is 1. The zero-order valence-corrected chi connectivity index (χ0v) is 16.9. The highest BCUT2D eigenvalue weighted by Crippen LogP contribution is 2.35. The van der Waals surface area contributed by atoms with E-state index in [1.54, 1.807) is 13.8 Å². The standard InChI is InChI=1S/C16H16Cl2N2O6S/c1-9(2)12-8-13(16(3,18)15(17)14(12)21)19-26-27(24,25)11-6-4-5-10(7-11)20(22)23/h4-9,15H,1-3H3/b19-13+. The zero-order valence-electron chi connectivity index (χ0n) is 14.5. The summed E-state index contributed by atoms with van der Waals surface area (Å²) in [5.41, 5.74) is -0.120. The summed E-state index contributed by atoms with van der Waals surface area (Å²) in [5, 5.41) is 13.2. The number of rotatable bonds is 5. The molecule has 1 aromatic rings. The number of non-ortho nitro benzene ring substituents is 1. The van der Waals surface area contributed by atoms with Crippen molar-refractivity contribution in [1.29, 1.82) is 0 Å². The zero-order chi connectivity index (χ0) is 20.6. The summed E-state index contributed by atoms with van der Waals surface area (Å²) in [6.07, 6.45) is 1.35. The minimum absolute atomic E-state index is 0.0403. The fraction of sp³-hybridized carbons (Fsp3) is 0.375. The van der Waals surface area contributed by atoms with E-state index in [4.69, 9.17) is 23.2 Å². The number of hydrogen-bond donors (Lipinski definition) is 0. The smallest absolute Gasteiger partial charge is 0.293 e. The highest BCUT2D eigenvalue weighted by atomic mass is 35.5. The van der Waals surface area contributed by atoms with Crippen molar-refractivity contribution in [3.8, 4) is 0 Å². The molecule has 8 nitrogen and oxygen atoms in total. The molecule has 0 heterocycles. The van der Waals surface area contributed by atoms with Crippen molar-refractivity contribution in [3.05, 3.63) is 46.0 Å². The third kappa shape index (κ3) is 4.31. The summed E-state index contributed by atoms with van der Waals surface area (Å²) in [6.45, 7) is 4.95. The molecule has 0 spiro atoms. The van der Waals surface area contributed by atoms with Gasteiger partial charge in [-0.1, -0.05) is 25.1 Å². The van der Waals surface area contributed by atoms with Crippen LogP contribution in [0.1, 0.15) is 20.8 Å². The maximum Gasteiger partial charge on any atom is 0.358 e. The maximum atomic E-state index is 12.3. The molecule has 0 fully saturated rings. The molecule has 0 bridgehead atoms. The minimum Gasteiger partial charge on any atom is -0.293 e. The molecule has 11 heteroatoms. The van der Waals surface area contributed by atoms with E-state index in [2.05, 4.69) is 9.44 Å². The van der Waals surface area contributed by atoms with Crippen molar-refractivity contribution in [3.63, 3.8) is 0 Å². The molecule has 0 aromatic heterocycles. The van der Waals surface area contributed by atoms with Gasteiger partial charge < -0.3 is 0 Å². The van der Waals surface area contributed by atoms with Gasteiger partial charge in [-0.2, -0.15) is 8.42 Å². The van der Waals surface area contributed by atoms with Crippen LogP contribution in [-0.2, 0) is 19.2 Å². The summed E-state index contributed by atoms with van der Waals surface area (Å²) in [6, 6.07) is 4.33. The van der Waals surface area contributed by atoms with Crippen molar-refractivity contribution >= 4 is 50.5 Å². The lowest BCUT2D eigenvalue weighted by molar-refractivity contribution is -0.385. The molecule has 0 saturated heterocycles. The number of ketones is 1. The van der Waals surface area contributed by atoms with Crippen LogP contribution in [0.15, 0.2) is 46.0 Å². The third-order valence-electron chi connectivity index (χ3n) is 3.96. The first kappa shape index (κ1) is 21.3. The van der Waals surface area contributed by atoms with Gasteiger partial charge in [-0.05, 0) is 25.0 Å². The van der Waals surface area contributed by atoms with Crippen LogP contribution in [-0.4, -0.2) is 35.1 Å². The average Bonchev–Trinajstić information content (AvgIpc) is 2.59. The lowest BCUT2D eigenvalue weighted by Gasteiger charge is -2.32. The van der Waals surface area contributed by atoms with E-state index >= 15 is 0 Å². The van der Waals surface area contributed by atoms with E-state index < -0.39 is 35.9 Å². The van der Waals surface area contributed by atoms with E-state index in [9.17, 15) is 23.3 Å². The number of hydrogen-bond acceptors (Lipinski definition) is 7. The Morgan fingerprint density at radius 3 is 2.56 bits per heavy atom. The van der Waals surface area contributed by atoms with Gasteiger partial charge in [0.25, 0.3) is 5.69 Å². The van der Waals surface area contributed by atoms with E-state index in [-0.39, 0.29) is 17.4 Å². The number of carbonyl (C=O) groups excluding carboxylic acids is 1. The van der Waals surface area contributed by atoms with E-state index in [0.717, 1.165) is 18.2 Å². The van der Waals surface area contributed by atoms with Crippen molar-refractivity contribution in [2.75, 3.05) is 0 Å². The van der Waals surface area contributed by atoms with Gasteiger partial charge >= 0.3 is 10.1 Å². The Kier molecular flexibility index (Phi) is 5.98. The number of nitrogens with zero attached hydrogens (tertiary/aromatic N) is 2. The molecular weight excluding hydrogens is 419 g/mol.